The Kier molecular flexibility index (Phi) is 4.95. The second-order valence-corrected chi connectivity index (χ2v) is 8.92. The van der Waals surface area contributed by atoms with Crippen LogP contribution in [0.1, 0.15) is 20.8 Å². The third-order valence-electron chi connectivity index (χ3n) is 4.18. The zero-order chi connectivity index (χ0) is 19.1. The molecule has 3 nitrogen and oxygen atoms in total. The summed E-state index contributed by atoms with van der Waals surface area (Å²) in [6.45, 7) is 4.12. The van der Waals surface area contributed by atoms with Gasteiger partial charge in [0, 0.05) is 26.1 Å². The van der Waals surface area contributed by atoms with Crippen LogP contribution in [0, 0.1) is 13.8 Å². The van der Waals surface area contributed by atoms with Crippen LogP contribution >= 0.6 is 45.9 Å². The number of carbonyl (C=O) groups excluding carboxylic acids is 1. The van der Waals surface area contributed by atoms with E-state index in [4.69, 9.17) is 23.2 Å². The molecular weight excluding hydrogens is 419 g/mol. The van der Waals surface area contributed by atoms with E-state index in [-0.39, 0.29) is 5.91 Å². The zero-order valence-electron chi connectivity index (χ0n) is 14.5. The number of hydrogen-bond donors (Lipinski definition) is 1. The molecule has 0 aliphatic heterocycles. The van der Waals surface area contributed by atoms with Gasteiger partial charge in [0.15, 0.2) is 5.13 Å². The number of hydrogen-bond acceptors (Lipinski definition) is 4. The molecule has 2 aromatic carbocycles. The minimum Gasteiger partial charge on any atom is -0.297 e. The van der Waals surface area contributed by atoms with Crippen LogP contribution in [0.3, 0.4) is 0 Å². The summed E-state index contributed by atoms with van der Waals surface area (Å²) in [5.41, 5.74) is 4.27. The number of aryl methyl sites for hydroxylation is 2. The minimum atomic E-state index is -0.265. The maximum Gasteiger partial charge on any atom is 0.269 e. The van der Waals surface area contributed by atoms with Crippen molar-refractivity contribution in [1.82, 2.24) is 4.98 Å². The quantitative estimate of drug-likeness (QED) is 0.371. The number of amides is 1. The van der Waals surface area contributed by atoms with Crippen molar-refractivity contribution in [3.8, 4) is 11.3 Å². The number of benzene rings is 2. The average Bonchev–Trinajstić information content (AvgIpc) is 3.19. The first-order valence-electron chi connectivity index (χ1n) is 8.14. The number of halogens is 2. The molecule has 0 aliphatic rings. The molecule has 4 aromatic rings. The number of nitrogens with zero attached hydrogens (tertiary/aromatic N) is 1. The largest absolute Gasteiger partial charge is 0.297 e. The van der Waals surface area contributed by atoms with Gasteiger partial charge in [-0.05, 0) is 31.5 Å². The van der Waals surface area contributed by atoms with Crippen molar-refractivity contribution < 1.29 is 4.79 Å². The van der Waals surface area contributed by atoms with E-state index in [1.807, 2.05) is 17.5 Å². The Balaban J connectivity index is 1.61. The predicted octanol–water partition coefficient (Wildman–Crippen LogP) is 7.20. The molecule has 0 fully saturated rings. The number of thiophene rings is 1. The number of aromatic nitrogens is 1. The Bertz CT molecular complexity index is 1180. The molecule has 4 rings (SSSR count). The number of carbonyl (C=O) groups is 1. The van der Waals surface area contributed by atoms with Gasteiger partial charge < -0.3 is 0 Å². The lowest BCUT2D eigenvalue weighted by Gasteiger charge is -2.03. The van der Waals surface area contributed by atoms with Gasteiger partial charge in [-0.1, -0.05) is 53.0 Å². The van der Waals surface area contributed by atoms with Crippen LogP contribution in [0.2, 0.25) is 10.0 Å². The van der Waals surface area contributed by atoms with Crippen LogP contribution in [-0.2, 0) is 0 Å². The van der Waals surface area contributed by atoms with E-state index in [0.717, 1.165) is 26.9 Å². The van der Waals surface area contributed by atoms with Crippen LogP contribution < -0.4 is 5.32 Å². The monoisotopic (exact) mass is 432 g/mol. The predicted molar refractivity (Wildman–Crippen MR) is 117 cm³/mol. The first-order valence-corrected chi connectivity index (χ1v) is 10.6. The van der Waals surface area contributed by atoms with E-state index in [9.17, 15) is 4.79 Å². The van der Waals surface area contributed by atoms with Crippen LogP contribution in [-0.4, -0.2) is 10.9 Å². The third kappa shape index (κ3) is 3.60. The highest BCUT2D eigenvalue weighted by molar-refractivity contribution is 7.22. The molecule has 0 atom stereocenters. The lowest BCUT2D eigenvalue weighted by Crippen LogP contribution is -2.10. The standard InChI is InChI=1S/C20H14Cl2N2OS2/c1-10-3-5-13(11(2)7-10)15-9-26-20(23-15)24-19(25)18-17(22)14-6-4-12(21)8-16(14)27-18/h3-9H,1-2H3,(H,23,24,25). The van der Waals surface area contributed by atoms with Gasteiger partial charge in [0.25, 0.3) is 5.91 Å². The molecule has 0 bridgehead atoms. The molecule has 1 amide bonds. The average molecular weight is 433 g/mol. The van der Waals surface area contributed by atoms with Crippen molar-refractivity contribution >= 4 is 67.0 Å². The zero-order valence-corrected chi connectivity index (χ0v) is 17.6. The molecule has 2 aromatic heterocycles. The summed E-state index contributed by atoms with van der Waals surface area (Å²) in [7, 11) is 0. The third-order valence-corrected chi connectivity index (χ3v) is 6.83. The second-order valence-electron chi connectivity index (χ2n) is 6.20. The summed E-state index contributed by atoms with van der Waals surface area (Å²) in [6.07, 6.45) is 0. The van der Waals surface area contributed by atoms with E-state index in [2.05, 4.69) is 42.3 Å². The Labute approximate surface area is 174 Å². The summed E-state index contributed by atoms with van der Waals surface area (Å²) < 4.78 is 0.882. The number of fused-ring (bicyclic) bond motifs is 1. The Morgan fingerprint density at radius 1 is 1.11 bits per heavy atom. The number of rotatable bonds is 3. The highest BCUT2D eigenvalue weighted by atomic mass is 35.5. The second kappa shape index (κ2) is 7.24. The fraction of sp³-hybridized carbons (Fsp3) is 0.100. The van der Waals surface area contributed by atoms with E-state index < -0.39 is 0 Å². The molecule has 2 heterocycles. The number of nitrogens with one attached hydrogen (secondary N) is 1. The minimum absolute atomic E-state index is 0.265. The van der Waals surface area contributed by atoms with Crippen LogP contribution in [0.4, 0.5) is 5.13 Å². The first kappa shape index (κ1) is 18.4. The summed E-state index contributed by atoms with van der Waals surface area (Å²) >= 11 is 15.1. The lowest BCUT2D eigenvalue weighted by molar-refractivity contribution is 0.103. The van der Waals surface area contributed by atoms with Gasteiger partial charge in [-0.25, -0.2) is 4.98 Å². The van der Waals surface area contributed by atoms with Crippen molar-refractivity contribution in [3.63, 3.8) is 0 Å². The fourth-order valence-corrected chi connectivity index (χ4v) is 5.29. The van der Waals surface area contributed by atoms with E-state index in [1.165, 1.54) is 28.2 Å². The summed E-state index contributed by atoms with van der Waals surface area (Å²) in [5, 5.41) is 7.23. The van der Waals surface area contributed by atoms with Crippen LogP contribution in [0.15, 0.2) is 41.8 Å². The number of thiazole rings is 1. The van der Waals surface area contributed by atoms with Crippen LogP contribution in [0.25, 0.3) is 21.3 Å². The van der Waals surface area contributed by atoms with Gasteiger partial charge in [0.2, 0.25) is 0 Å². The smallest absolute Gasteiger partial charge is 0.269 e. The van der Waals surface area contributed by atoms with Crippen molar-refractivity contribution in [2.75, 3.05) is 5.32 Å². The highest BCUT2D eigenvalue weighted by Crippen LogP contribution is 2.37. The van der Waals surface area contributed by atoms with Crippen molar-refractivity contribution in [1.29, 1.82) is 0 Å². The molecule has 0 saturated carbocycles. The molecule has 7 heteroatoms. The molecule has 27 heavy (non-hydrogen) atoms. The molecule has 136 valence electrons. The van der Waals surface area contributed by atoms with Gasteiger partial charge in [-0.3, -0.25) is 10.1 Å². The van der Waals surface area contributed by atoms with Gasteiger partial charge >= 0.3 is 0 Å². The molecular formula is C20H14Cl2N2OS2. The van der Waals surface area contributed by atoms with Crippen molar-refractivity contribution in [3.05, 3.63) is 67.8 Å². The molecule has 0 aliphatic carbocycles. The molecule has 0 radical (unpaired) electrons. The fourth-order valence-electron chi connectivity index (χ4n) is 2.89. The van der Waals surface area contributed by atoms with Crippen molar-refractivity contribution in [2.45, 2.75) is 13.8 Å². The van der Waals surface area contributed by atoms with E-state index >= 15 is 0 Å². The molecule has 0 unspecified atom stereocenters. The normalized spacial score (nSPS) is 11.1. The lowest BCUT2D eigenvalue weighted by atomic mass is 10.0. The highest BCUT2D eigenvalue weighted by Gasteiger charge is 2.19. The van der Waals surface area contributed by atoms with E-state index in [1.54, 1.807) is 6.07 Å². The molecule has 1 N–H and O–H groups in total. The van der Waals surface area contributed by atoms with E-state index in [0.29, 0.717) is 20.1 Å². The summed E-state index contributed by atoms with van der Waals surface area (Å²) in [4.78, 5) is 17.7. The van der Waals surface area contributed by atoms with Crippen molar-refractivity contribution in [2.24, 2.45) is 0 Å². The number of anilines is 1. The summed E-state index contributed by atoms with van der Waals surface area (Å²) in [6, 6.07) is 11.6. The van der Waals surface area contributed by atoms with Crippen LogP contribution in [0.5, 0.6) is 0 Å². The maximum atomic E-state index is 12.7. The summed E-state index contributed by atoms with van der Waals surface area (Å²) in [5.74, 6) is -0.265. The topological polar surface area (TPSA) is 42.0 Å². The molecule has 0 spiro atoms. The van der Waals surface area contributed by atoms with Gasteiger partial charge in [-0.15, -0.1) is 22.7 Å². The Morgan fingerprint density at radius 2 is 1.93 bits per heavy atom. The van der Waals surface area contributed by atoms with Gasteiger partial charge in [0.1, 0.15) is 4.88 Å². The SMILES string of the molecule is Cc1ccc(-c2csc(NC(=O)c3sc4cc(Cl)ccc4c3Cl)n2)c(C)c1. The Morgan fingerprint density at radius 3 is 2.70 bits per heavy atom. The maximum absolute atomic E-state index is 12.7. The Hall–Kier alpha value is -1.92. The first-order chi connectivity index (χ1) is 12.9. The van der Waals surface area contributed by atoms with Gasteiger partial charge in [0.05, 0.1) is 10.7 Å². The molecule has 0 saturated heterocycles. The van der Waals surface area contributed by atoms with Gasteiger partial charge in [-0.2, -0.15) is 0 Å².